The minimum atomic E-state index is -0.229. The van der Waals surface area contributed by atoms with Crippen LogP contribution in [-0.4, -0.2) is 0 Å². The molecule has 0 fully saturated rings. The Hall–Kier alpha value is -3.37. The van der Waals surface area contributed by atoms with Crippen molar-refractivity contribution < 1.29 is 4.39 Å². The largest absolute Gasteiger partial charge is 0.205 e. The molecule has 0 unspecified atom stereocenters. The molecule has 0 amide bonds. The Morgan fingerprint density at radius 3 is 1.94 bits per heavy atom. The van der Waals surface area contributed by atoms with Gasteiger partial charge in [0.2, 0.25) is 0 Å². The normalized spacial score (nSPS) is 10.8. The molecule has 0 aliphatic heterocycles. The van der Waals surface area contributed by atoms with E-state index < -0.39 is 0 Å². The third-order valence-corrected chi connectivity index (χ3v) is 6.27. The first kappa shape index (κ1) is 22.8. The molecule has 0 heterocycles. The summed E-state index contributed by atoms with van der Waals surface area (Å²) in [5, 5.41) is 1.59. The van der Waals surface area contributed by atoms with Gasteiger partial charge in [0, 0.05) is 10.9 Å². The number of hydrogen-bond donors (Lipinski definition) is 0. The fourth-order valence-corrected chi connectivity index (χ4v) is 4.10. The standard InChI is InChI=1S/C32H31F/c1-3-5-6-28-18-22-31-30(23-28)21-20-29(32(31)33)19-17-27-15-13-26(14-16-27)12-11-25-9-7-24(4-2)8-10-25/h7-10,13-16,18,20-23H,3-6,11-12H2,1-2H3. The Morgan fingerprint density at radius 2 is 1.27 bits per heavy atom. The molecule has 166 valence electrons. The maximum absolute atomic E-state index is 15.0. The van der Waals surface area contributed by atoms with Gasteiger partial charge in [-0.1, -0.05) is 92.8 Å². The Bertz CT molecular complexity index is 1270. The highest BCUT2D eigenvalue weighted by molar-refractivity contribution is 5.85. The van der Waals surface area contributed by atoms with Gasteiger partial charge in [0.15, 0.2) is 0 Å². The Labute approximate surface area is 197 Å². The molecule has 4 rings (SSSR count). The molecule has 0 spiro atoms. The first-order valence-electron chi connectivity index (χ1n) is 12.1. The number of rotatable bonds is 7. The van der Waals surface area contributed by atoms with E-state index in [1.54, 1.807) is 6.07 Å². The highest BCUT2D eigenvalue weighted by Gasteiger charge is 2.06. The molecule has 0 saturated heterocycles. The fraction of sp³-hybridized carbons (Fsp3) is 0.250. The van der Waals surface area contributed by atoms with Gasteiger partial charge in [-0.15, -0.1) is 0 Å². The van der Waals surface area contributed by atoms with E-state index in [2.05, 4.69) is 68.2 Å². The van der Waals surface area contributed by atoms with Crippen LogP contribution < -0.4 is 0 Å². The SMILES string of the molecule is CCCCc1ccc2c(F)c(C#Cc3ccc(CCc4ccc(CC)cc4)cc3)ccc2c1. The van der Waals surface area contributed by atoms with E-state index in [0.717, 1.165) is 49.5 Å². The van der Waals surface area contributed by atoms with Crippen molar-refractivity contribution in [1.29, 1.82) is 0 Å². The first-order valence-corrected chi connectivity index (χ1v) is 12.1. The van der Waals surface area contributed by atoms with Gasteiger partial charge in [0.25, 0.3) is 0 Å². The van der Waals surface area contributed by atoms with Crippen LogP contribution in [0.5, 0.6) is 0 Å². The van der Waals surface area contributed by atoms with E-state index in [1.165, 1.54) is 22.3 Å². The Balaban J connectivity index is 1.43. The van der Waals surface area contributed by atoms with Gasteiger partial charge in [0.05, 0.1) is 5.56 Å². The lowest BCUT2D eigenvalue weighted by Gasteiger charge is -2.05. The molecule has 0 N–H and O–H groups in total. The van der Waals surface area contributed by atoms with Crippen LogP contribution in [0.2, 0.25) is 0 Å². The number of unbranched alkanes of at least 4 members (excludes halogenated alkanes) is 1. The summed E-state index contributed by atoms with van der Waals surface area (Å²) in [6.45, 7) is 4.36. The minimum Gasteiger partial charge on any atom is -0.205 e. The van der Waals surface area contributed by atoms with E-state index in [9.17, 15) is 0 Å². The second-order valence-corrected chi connectivity index (χ2v) is 8.70. The second-order valence-electron chi connectivity index (χ2n) is 8.70. The summed E-state index contributed by atoms with van der Waals surface area (Å²) in [5.74, 6) is 5.93. The van der Waals surface area contributed by atoms with Gasteiger partial charge in [-0.05, 0) is 77.9 Å². The number of halogens is 1. The highest BCUT2D eigenvalue weighted by atomic mass is 19.1. The van der Waals surface area contributed by atoms with Gasteiger partial charge in [-0.25, -0.2) is 4.39 Å². The summed E-state index contributed by atoms with van der Waals surface area (Å²) in [6.07, 6.45) is 6.45. The van der Waals surface area contributed by atoms with Gasteiger partial charge >= 0.3 is 0 Å². The molecule has 0 atom stereocenters. The van der Waals surface area contributed by atoms with Crippen molar-refractivity contribution in [3.8, 4) is 11.8 Å². The van der Waals surface area contributed by atoms with E-state index in [1.807, 2.05) is 30.3 Å². The van der Waals surface area contributed by atoms with Gasteiger partial charge in [-0.2, -0.15) is 0 Å². The molecule has 1 heteroatoms. The smallest absolute Gasteiger partial charge is 0.146 e. The number of fused-ring (bicyclic) bond motifs is 1. The summed E-state index contributed by atoms with van der Waals surface area (Å²) >= 11 is 0. The van der Waals surface area contributed by atoms with Crippen molar-refractivity contribution in [1.82, 2.24) is 0 Å². The molecule has 4 aromatic rings. The zero-order valence-corrected chi connectivity index (χ0v) is 19.6. The van der Waals surface area contributed by atoms with Crippen molar-refractivity contribution in [3.05, 3.63) is 118 Å². The van der Waals surface area contributed by atoms with Crippen LogP contribution >= 0.6 is 0 Å². The summed E-state index contributed by atoms with van der Waals surface area (Å²) in [7, 11) is 0. The van der Waals surface area contributed by atoms with Crippen molar-refractivity contribution in [3.63, 3.8) is 0 Å². The molecule has 33 heavy (non-hydrogen) atoms. The van der Waals surface area contributed by atoms with E-state index in [-0.39, 0.29) is 5.82 Å². The average molecular weight is 435 g/mol. The molecule has 0 saturated carbocycles. The predicted octanol–water partition coefficient (Wildman–Crippen LogP) is 8.07. The second kappa shape index (κ2) is 11.0. The van der Waals surface area contributed by atoms with Crippen LogP contribution in [0.15, 0.2) is 78.9 Å². The molecular formula is C32H31F. The van der Waals surface area contributed by atoms with Crippen LogP contribution in [0.4, 0.5) is 4.39 Å². The van der Waals surface area contributed by atoms with Crippen LogP contribution in [0, 0.1) is 17.7 Å². The van der Waals surface area contributed by atoms with E-state index >= 15 is 4.39 Å². The summed E-state index contributed by atoms with van der Waals surface area (Å²) in [4.78, 5) is 0. The van der Waals surface area contributed by atoms with Crippen molar-refractivity contribution in [2.45, 2.75) is 52.4 Å². The van der Waals surface area contributed by atoms with Crippen LogP contribution in [-0.2, 0) is 25.7 Å². The average Bonchev–Trinajstić information content (AvgIpc) is 2.86. The highest BCUT2D eigenvalue weighted by Crippen LogP contribution is 2.23. The molecule has 4 aromatic carbocycles. The fourth-order valence-electron chi connectivity index (χ4n) is 4.10. The quantitative estimate of drug-likeness (QED) is 0.258. The number of benzene rings is 4. The third-order valence-electron chi connectivity index (χ3n) is 6.27. The molecule has 0 bridgehead atoms. The Morgan fingerprint density at radius 1 is 0.636 bits per heavy atom. The minimum absolute atomic E-state index is 0.229. The van der Waals surface area contributed by atoms with Gasteiger partial charge in [-0.3, -0.25) is 0 Å². The lowest BCUT2D eigenvalue weighted by atomic mass is 10.0. The lowest BCUT2D eigenvalue weighted by molar-refractivity contribution is 0.636. The molecular weight excluding hydrogens is 403 g/mol. The van der Waals surface area contributed by atoms with E-state index in [0.29, 0.717) is 10.9 Å². The van der Waals surface area contributed by atoms with Crippen LogP contribution in [0.1, 0.15) is 60.1 Å². The maximum atomic E-state index is 15.0. The van der Waals surface area contributed by atoms with E-state index in [4.69, 9.17) is 0 Å². The van der Waals surface area contributed by atoms with Crippen LogP contribution in [0.3, 0.4) is 0 Å². The molecule has 0 radical (unpaired) electrons. The summed E-state index contributed by atoms with van der Waals surface area (Å²) in [6, 6.07) is 27.0. The molecule has 0 nitrogen and oxygen atoms in total. The van der Waals surface area contributed by atoms with Gasteiger partial charge in [0.1, 0.15) is 5.82 Å². The number of hydrogen-bond acceptors (Lipinski definition) is 0. The van der Waals surface area contributed by atoms with Crippen molar-refractivity contribution in [2.24, 2.45) is 0 Å². The van der Waals surface area contributed by atoms with Crippen molar-refractivity contribution in [2.75, 3.05) is 0 Å². The van der Waals surface area contributed by atoms with Crippen molar-refractivity contribution >= 4 is 10.8 Å². The molecule has 0 aliphatic carbocycles. The Kier molecular flexibility index (Phi) is 7.59. The van der Waals surface area contributed by atoms with Crippen LogP contribution in [0.25, 0.3) is 10.8 Å². The lowest BCUT2D eigenvalue weighted by Crippen LogP contribution is -1.92. The molecule has 0 aromatic heterocycles. The third kappa shape index (κ3) is 5.91. The maximum Gasteiger partial charge on any atom is 0.146 e. The summed E-state index contributed by atoms with van der Waals surface area (Å²) < 4.78 is 15.0. The first-order chi connectivity index (χ1) is 16.2. The zero-order valence-electron chi connectivity index (χ0n) is 19.6. The topological polar surface area (TPSA) is 0 Å². The molecule has 0 aliphatic rings. The number of aryl methyl sites for hydroxylation is 4. The van der Waals surface area contributed by atoms with Gasteiger partial charge < -0.3 is 0 Å². The monoisotopic (exact) mass is 434 g/mol. The summed E-state index contributed by atoms with van der Waals surface area (Å²) in [5.41, 5.74) is 6.64. The zero-order chi connectivity index (χ0) is 23.0. The predicted molar refractivity (Wildman–Crippen MR) is 138 cm³/mol.